The minimum atomic E-state index is 0.839. The van der Waals surface area contributed by atoms with Crippen molar-refractivity contribution in [2.45, 2.75) is 51.7 Å². The maximum atomic E-state index is 5.90. The Hall–Kier alpha value is -0.840. The van der Waals surface area contributed by atoms with Crippen LogP contribution in [0, 0.1) is 0 Å². The first-order valence-electron chi connectivity index (χ1n) is 8.60. The van der Waals surface area contributed by atoms with Crippen LogP contribution >= 0.6 is 0 Å². The Labute approximate surface area is 128 Å². The fourth-order valence-corrected chi connectivity index (χ4v) is 3.63. The van der Waals surface area contributed by atoms with E-state index < -0.39 is 0 Å². The predicted molar refractivity (Wildman–Crippen MR) is 85.2 cm³/mol. The first kappa shape index (κ1) is 15.1. The van der Waals surface area contributed by atoms with Crippen LogP contribution in [-0.4, -0.2) is 48.6 Å². The van der Waals surface area contributed by atoms with Gasteiger partial charge in [0.2, 0.25) is 0 Å². The Balaban J connectivity index is 1.43. The lowest BCUT2D eigenvalue weighted by molar-refractivity contribution is 0.0891. The van der Waals surface area contributed by atoms with Crippen LogP contribution in [0.15, 0.2) is 16.5 Å². The average Bonchev–Trinajstić information content (AvgIpc) is 3.17. The Morgan fingerprint density at radius 2 is 1.81 bits per heavy atom. The molecular formula is C17H29N3O. The van der Waals surface area contributed by atoms with E-state index in [9.17, 15) is 0 Å². The lowest BCUT2D eigenvalue weighted by atomic mass is 10.2. The van der Waals surface area contributed by atoms with Crippen molar-refractivity contribution >= 4 is 0 Å². The normalized spacial score (nSPS) is 22.1. The molecule has 0 amide bonds. The van der Waals surface area contributed by atoms with Gasteiger partial charge in [-0.25, -0.2) is 0 Å². The monoisotopic (exact) mass is 291 g/mol. The summed E-state index contributed by atoms with van der Waals surface area (Å²) in [4.78, 5) is 5.24. The van der Waals surface area contributed by atoms with Crippen LogP contribution in [0.25, 0.3) is 0 Å². The molecule has 0 aromatic carbocycles. The van der Waals surface area contributed by atoms with Crippen molar-refractivity contribution in [1.29, 1.82) is 0 Å². The van der Waals surface area contributed by atoms with Crippen LogP contribution in [0.3, 0.4) is 0 Å². The number of nitrogens with one attached hydrogen (secondary N) is 1. The molecule has 0 radical (unpaired) electrons. The zero-order chi connectivity index (χ0) is 14.5. The molecule has 21 heavy (non-hydrogen) atoms. The SMILES string of the molecule is CCNCc1ccc(CN2CCN(C3CCCC3)CC2)o1. The van der Waals surface area contributed by atoms with Crippen molar-refractivity contribution in [1.82, 2.24) is 15.1 Å². The van der Waals surface area contributed by atoms with Gasteiger partial charge in [-0.2, -0.15) is 0 Å². The maximum Gasteiger partial charge on any atom is 0.118 e. The van der Waals surface area contributed by atoms with Crippen LogP contribution < -0.4 is 5.32 Å². The second-order valence-corrected chi connectivity index (χ2v) is 6.40. The van der Waals surface area contributed by atoms with Crippen molar-refractivity contribution in [3.63, 3.8) is 0 Å². The molecule has 118 valence electrons. The number of furan rings is 1. The van der Waals surface area contributed by atoms with E-state index in [1.807, 2.05) is 0 Å². The van der Waals surface area contributed by atoms with Crippen LogP contribution in [-0.2, 0) is 13.1 Å². The Morgan fingerprint density at radius 1 is 1.10 bits per heavy atom. The number of piperazine rings is 1. The quantitative estimate of drug-likeness (QED) is 0.872. The summed E-state index contributed by atoms with van der Waals surface area (Å²) < 4.78 is 5.90. The van der Waals surface area contributed by atoms with Crippen LogP contribution in [0.4, 0.5) is 0 Å². The molecule has 1 aliphatic heterocycles. The van der Waals surface area contributed by atoms with Gasteiger partial charge in [-0.1, -0.05) is 19.8 Å². The molecule has 1 aromatic heterocycles. The third-order valence-electron chi connectivity index (χ3n) is 4.89. The van der Waals surface area contributed by atoms with Gasteiger partial charge in [0, 0.05) is 32.2 Å². The minimum Gasteiger partial charge on any atom is -0.463 e. The van der Waals surface area contributed by atoms with E-state index >= 15 is 0 Å². The molecule has 0 unspecified atom stereocenters. The maximum absolute atomic E-state index is 5.90. The standard InChI is InChI=1S/C17H29N3O/c1-2-18-13-16-7-8-17(21-16)14-19-9-11-20(12-10-19)15-5-3-4-6-15/h7-8,15,18H,2-6,9-14H2,1H3. The smallest absolute Gasteiger partial charge is 0.118 e. The van der Waals surface area contributed by atoms with Gasteiger partial charge in [0.25, 0.3) is 0 Å². The number of hydrogen-bond donors (Lipinski definition) is 1. The van der Waals surface area contributed by atoms with E-state index in [0.29, 0.717) is 0 Å². The van der Waals surface area contributed by atoms with Gasteiger partial charge in [0.1, 0.15) is 11.5 Å². The fourth-order valence-electron chi connectivity index (χ4n) is 3.63. The lowest BCUT2D eigenvalue weighted by Gasteiger charge is -2.37. The summed E-state index contributed by atoms with van der Waals surface area (Å²) in [7, 11) is 0. The van der Waals surface area contributed by atoms with Gasteiger partial charge in [-0.05, 0) is 31.5 Å². The van der Waals surface area contributed by atoms with Gasteiger partial charge in [-0.15, -0.1) is 0 Å². The van der Waals surface area contributed by atoms with E-state index in [4.69, 9.17) is 4.42 Å². The Morgan fingerprint density at radius 3 is 2.52 bits per heavy atom. The molecule has 0 atom stereocenters. The zero-order valence-corrected chi connectivity index (χ0v) is 13.3. The molecule has 1 saturated carbocycles. The molecule has 0 bridgehead atoms. The number of nitrogens with zero attached hydrogens (tertiary/aromatic N) is 2. The highest BCUT2D eigenvalue weighted by atomic mass is 16.3. The molecular weight excluding hydrogens is 262 g/mol. The molecule has 1 aromatic rings. The van der Waals surface area contributed by atoms with Crippen molar-refractivity contribution < 1.29 is 4.42 Å². The average molecular weight is 291 g/mol. The first-order chi connectivity index (χ1) is 10.3. The second kappa shape index (κ2) is 7.43. The minimum absolute atomic E-state index is 0.839. The fraction of sp³-hybridized carbons (Fsp3) is 0.765. The summed E-state index contributed by atoms with van der Waals surface area (Å²) >= 11 is 0. The predicted octanol–water partition coefficient (Wildman–Crippen LogP) is 2.45. The second-order valence-electron chi connectivity index (χ2n) is 6.40. The molecule has 1 aliphatic carbocycles. The van der Waals surface area contributed by atoms with Crippen LogP contribution in [0.1, 0.15) is 44.1 Å². The molecule has 2 aliphatic rings. The third kappa shape index (κ3) is 4.09. The van der Waals surface area contributed by atoms with E-state index in [1.165, 1.54) is 51.9 Å². The lowest BCUT2D eigenvalue weighted by Crippen LogP contribution is -2.49. The largest absolute Gasteiger partial charge is 0.463 e. The molecule has 2 heterocycles. The number of rotatable bonds is 6. The van der Waals surface area contributed by atoms with Gasteiger partial charge < -0.3 is 9.73 Å². The van der Waals surface area contributed by atoms with E-state index in [2.05, 4.69) is 34.2 Å². The van der Waals surface area contributed by atoms with Crippen molar-refractivity contribution in [2.24, 2.45) is 0 Å². The number of hydrogen-bond acceptors (Lipinski definition) is 4. The van der Waals surface area contributed by atoms with Crippen molar-refractivity contribution in [3.8, 4) is 0 Å². The topological polar surface area (TPSA) is 31.6 Å². The zero-order valence-electron chi connectivity index (χ0n) is 13.3. The Bertz CT molecular complexity index is 417. The van der Waals surface area contributed by atoms with Gasteiger partial charge in [0.15, 0.2) is 0 Å². The van der Waals surface area contributed by atoms with Gasteiger partial charge in [-0.3, -0.25) is 9.80 Å². The summed E-state index contributed by atoms with van der Waals surface area (Å²) in [6.45, 7) is 9.73. The van der Waals surface area contributed by atoms with Crippen molar-refractivity contribution in [2.75, 3.05) is 32.7 Å². The summed E-state index contributed by atoms with van der Waals surface area (Å²) in [5.41, 5.74) is 0. The molecule has 3 rings (SSSR count). The van der Waals surface area contributed by atoms with Crippen LogP contribution in [0.2, 0.25) is 0 Å². The molecule has 2 fully saturated rings. The summed E-state index contributed by atoms with van der Waals surface area (Å²) in [6.07, 6.45) is 5.72. The highest BCUT2D eigenvalue weighted by Crippen LogP contribution is 2.24. The molecule has 4 heteroatoms. The highest BCUT2D eigenvalue weighted by Gasteiger charge is 2.26. The first-order valence-corrected chi connectivity index (χ1v) is 8.60. The summed E-state index contributed by atoms with van der Waals surface area (Å²) in [5, 5.41) is 3.30. The van der Waals surface area contributed by atoms with E-state index in [-0.39, 0.29) is 0 Å². The molecule has 1 N–H and O–H groups in total. The van der Waals surface area contributed by atoms with Gasteiger partial charge in [0.05, 0.1) is 13.1 Å². The summed E-state index contributed by atoms with van der Waals surface area (Å²) in [6, 6.07) is 5.12. The van der Waals surface area contributed by atoms with Gasteiger partial charge >= 0.3 is 0 Å². The summed E-state index contributed by atoms with van der Waals surface area (Å²) in [5.74, 6) is 2.16. The van der Waals surface area contributed by atoms with Crippen molar-refractivity contribution in [3.05, 3.63) is 23.7 Å². The molecule has 0 spiro atoms. The van der Waals surface area contributed by atoms with Crippen LogP contribution in [0.5, 0.6) is 0 Å². The van der Waals surface area contributed by atoms with E-state index in [1.54, 1.807) is 0 Å². The Kier molecular flexibility index (Phi) is 5.33. The molecule has 1 saturated heterocycles. The highest BCUT2D eigenvalue weighted by molar-refractivity contribution is 5.07. The van der Waals surface area contributed by atoms with E-state index in [0.717, 1.165) is 37.2 Å². The third-order valence-corrected chi connectivity index (χ3v) is 4.89. The molecule has 4 nitrogen and oxygen atoms in total.